The van der Waals surface area contributed by atoms with Crippen molar-refractivity contribution in [3.63, 3.8) is 0 Å². The first-order valence-electron chi connectivity index (χ1n) is 9.19. The SMILES string of the molecule is O=C(C1CCOCC1)N1CCCN(CCOc2ccc(F)cc2)CC1. The van der Waals surface area contributed by atoms with Gasteiger partial charge in [0, 0.05) is 51.9 Å². The van der Waals surface area contributed by atoms with Crippen LogP contribution >= 0.6 is 0 Å². The summed E-state index contributed by atoms with van der Waals surface area (Å²) < 4.78 is 23.9. The average Bonchev–Trinajstić information content (AvgIpc) is 2.89. The van der Waals surface area contributed by atoms with E-state index in [0.717, 1.165) is 52.0 Å². The lowest BCUT2D eigenvalue weighted by molar-refractivity contribution is -0.138. The molecule has 5 nitrogen and oxygen atoms in total. The van der Waals surface area contributed by atoms with Gasteiger partial charge in [0.05, 0.1) is 0 Å². The Bertz CT molecular complexity index is 546. The summed E-state index contributed by atoms with van der Waals surface area (Å²) in [6.07, 6.45) is 2.70. The zero-order valence-electron chi connectivity index (χ0n) is 14.7. The van der Waals surface area contributed by atoms with Gasteiger partial charge in [-0.2, -0.15) is 0 Å². The minimum absolute atomic E-state index is 0.141. The van der Waals surface area contributed by atoms with Crippen molar-refractivity contribution in [3.05, 3.63) is 30.1 Å². The Balaban J connectivity index is 1.40. The molecule has 0 aliphatic carbocycles. The lowest BCUT2D eigenvalue weighted by atomic mass is 9.98. The average molecular weight is 350 g/mol. The first kappa shape index (κ1) is 18.1. The fraction of sp³-hybridized carbons (Fsp3) is 0.632. The molecule has 0 unspecified atom stereocenters. The van der Waals surface area contributed by atoms with Crippen LogP contribution in [0.3, 0.4) is 0 Å². The zero-order valence-corrected chi connectivity index (χ0v) is 14.7. The van der Waals surface area contributed by atoms with Gasteiger partial charge >= 0.3 is 0 Å². The summed E-state index contributed by atoms with van der Waals surface area (Å²) in [5, 5.41) is 0. The molecule has 0 radical (unpaired) electrons. The van der Waals surface area contributed by atoms with Gasteiger partial charge in [-0.05, 0) is 43.5 Å². The van der Waals surface area contributed by atoms with Crippen molar-refractivity contribution in [1.82, 2.24) is 9.80 Å². The van der Waals surface area contributed by atoms with Crippen LogP contribution in [0.4, 0.5) is 4.39 Å². The zero-order chi connectivity index (χ0) is 17.5. The highest BCUT2D eigenvalue weighted by molar-refractivity contribution is 5.79. The number of carbonyl (C=O) groups excluding carboxylic acids is 1. The molecule has 0 atom stereocenters. The van der Waals surface area contributed by atoms with E-state index in [9.17, 15) is 9.18 Å². The molecule has 2 fully saturated rings. The number of amides is 1. The van der Waals surface area contributed by atoms with Crippen molar-refractivity contribution in [1.29, 1.82) is 0 Å². The van der Waals surface area contributed by atoms with Gasteiger partial charge in [0.2, 0.25) is 5.91 Å². The van der Waals surface area contributed by atoms with Crippen molar-refractivity contribution < 1.29 is 18.7 Å². The molecule has 1 amide bonds. The molecule has 2 aliphatic heterocycles. The maximum atomic E-state index is 12.9. The molecule has 3 rings (SSSR count). The predicted octanol–water partition coefficient (Wildman–Crippen LogP) is 2.17. The van der Waals surface area contributed by atoms with E-state index in [2.05, 4.69) is 4.90 Å². The van der Waals surface area contributed by atoms with Crippen LogP contribution in [0.25, 0.3) is 0 Å². The van der Waals surface area contributed by atoms with Gasteiger partial charge in [-0.25, -0.2) is 4.39 Å². The highest BCUT2D eigenvalue weighted by Gasteiger charge is 2.27. The predicted molar refractivity (Wildman–Crippen MR) is 93.1 cm³/mol. The minimum Gasteiger partial charge on any atom is -0.492 e. The molecule has 0 aromatic heterocycles. The molecule has 0 bridgehead atoms. The van der Waals surface area contributed by atoms with Gasteiger partial charge in [-0.15, -0.1) is 0 Å². The maximum Gasteiger partial charge on any atom is 0.225 e. The molecule has 138 valence electrons. The lowest BCUT2D eigenvalue weighted by Gasteiger charge is -2.28. The number of rotatable bonds is 5. The molecule has 0 saturated carbocycles. The van der Waals surface area contributed by atoms with E-state index in [1.807, 2.05) is 4.90 Å². The Hall–Kier alpha value is -1.66. The third-order valence-corrected chi connectivity index (χ3v) is 4.96. The van der Waals surface area contributed by atoms with Crippen LogP contribution in [0.1, 0.15) is 19.3 Å². The van der Waals surface area contributed by atoms with Gasteiger partial charge in [-0.3, -0.25) is 9.69 Å². The van der Waals surface area contributed by atoms with E-state index >= 15 is 0 Å². The van der Waals surface area contributed by atoms with Gasteiger partial charge in [0.15, 0.2) is 0 Å². The maximum absolute atomic E-state index is 12.9. The Morgan fingerprint density at radius 1 is 1.12 bits per heavy atom. The van der Waals surface area contributed by atoms with Crippen molar-refractivity contribution in [2.75, 3.05) is 52.5 Å². The van der Waals surface area contributed by atoms with Crippen molar-refractivity contribution >= 4 is 5.91 Å². The van der Waals surface area contributed by atoms with Crippen LogP contribution in [-0.2, 0) is 9.53 Å². The second-order valence-corrected chi connectivity index (χ2v) is 6.71. The molecule has 2 saturated heterocycles. The normalized spacial score (nSPS) is 20.3. The standard InChI is InChI=1S/C19H27FN2O3/c20-17-2-4-18(5-3-17)25-15-12-21-8-1-9-22(11-10-21)19(23)16-6-13-24-14-7-16/h2-5,16H,1,6-15H2. The minimum atomic E-state index is -0.255. The number of nitrogens with zero attached hydrogens (tertiary/aromatic N) is 2. The number of halogens is 1. The molecular formula is C19H27FN2O3. The first-order chi connectivity index (χ1) is 12.2. The topological polar surface area (TPSA) is 42.0 Å². The molecule has 1 aromatic carbocycles. The number of hydrogen-bond acceptors (Lipinski definition) is 4. The Morgan fingerprint density at radius 3 is 2.64 bits per heavy atom. The van der Waals surface area contributed by atoms with Gasteiger partial charge in [0.1, 0.15) is 18.2 Å². The number of hydrogen-bond donors (Lipinski definition) is 0. The summed E-state index contributed by atoms with van der Waals surface area (Å²) in [5.74, 6) is 0.872. The second-order valence-electron chi connectivity index (χ2n) is 6.71. The molecule has 25 heavy (non-hydrogen) atoms. The van der Waals surface area contributed by atoms with E-state index in [-0.39, 0.29) is 11.7 Å². The van der Waals surface area contributed by atoms with Gasteiger partial charge < -0.3 is 14.4 Å². The molecule has 6 heteroatoms. The third-order valence-electron chi connectivity index (χ3n) is 4.96. The van der Waals surface area contributed by atoms with E-state index in [4.69, 9.17) is 9.47 Å². The fourth-order valence-corrected chi connectivity index (χ4v) is 3.44. The molecule has 2 heterocycles. The molecule has 1 aromatic rings. The largest absolute Gasteiger partial charge is 0.492 e. The van der Waals surface area contributed by atoms with Crippen LogP contribution in [0, 0.1) is 11.7 Å². The van der Waals surface area contributed by atoms with Crippen LogP contribution in [0.5, 0.6) is 5.75 Å². The van der Waals surface area contributed by atoms with Crippen molar-refractivity contribution in [3.8, 4) is 5.75 Å². The summed E-state index contributed by atoms with van der Waals surface area (Å²) in [5.41, 5.74) is 0. The first-order valence-corrected chi connectivity index (χ1v) is 9.19. The molecular weight excluding hydrogens is 323 g/mol. The van der Waals surface area contributed by atoms with Crippen molar-refractivity contribution in [2.24, 2.45) is 5.92 Å². The molecule has 2 aliphatic rings. The monoisotopic (exact) mass is 350 g/mol. The lowest BCUT2D eigenvalue weighted by Crippen LogP contribution is -2.41. The van der Waals surface area contributed by atoms with E-state index in [0.29, 0.717) is 31.5 Å². The van der Waals surface area contributed by atoms with Gasteiger partial charge in [0.25, 0.3) is 0 Å². The summed E-state index contributed by atoms with van der Waals surface area (Å²) in [6.45, 7) is 6.27. The highest BCUT2D eigenvalue weighted by Crippen LogP contribution is 2.19. The Kier molecular flexibility index (Phi) is 6.64. The van der Waals surface area contributed by atoms with Crippen LogP contribution in [0.2, 0.25) is 0 Å². The number of ether oxygens (including phenoxy) is 2. The van der Waals surface area contributed by atoms with Crippen LogP contribution in [-0.4, -0.2) is 68.3 Å². The second kappa shape index (κ2) is 9.15. The summed E-state index contributed by atoms with van der Waals surface area (Å²) >= 11 is 0. The summed E-state index contributed by atoms with van der Waals surface area (Å²) in [6, 6.07) is 6.10. The van der Waals surface area contributed by atoms with Crippen LogP contribution in [0.15, 0.2) is 24.3 Å². The van der Waals surface area contributed by atoms with E-state index in [1.54, 1.807) is 12.1 Å². The quantitative estimate of drug-likeness (QED) is 0.816. The summed E-state index contributed by atoms with van der Waals surface area (Å²) in [4.78, 5) is 17.0. The highest BCUT2D eigenvalue weighted by atomic mass is 19.1. The van der Waals surface area contributed by atoms with E-state index in [1.165, 1.54) is 12.1 Å². The summed E-state index contributed by atoms with van der Waals surface area (Å²) in [7, 11) is 0. The Labute approximate surface area is 148 Å². The number of benzene rings is 1. The molecule has 0 N–H and O–H groups in total. The van der Waals surface area contributed by atoms with Crippen LogP contribution < -0.4 is 4.74 Å². The van der Waals surface area contributed by atoms with Crippen molar-refractivity contribution in [2.45, 2.75) is 19.3 Å². The molecule has 0 spiro atoms. The smallest absolute Gasteiger partial charge is 0.225 e. The fourth-order valence-electron chi connectivity index (χ4n) is 3.44. The Morgan fingerprint density at radius 2 is 1.88 bits per heavy atom. The third kappa shape index (κ3) is 5.41. The number of carbonyl (C=O) groups is 1. The van der Waals surface area contributed by atoms with Gasteiger partial charge in [-0.1, -0.05) is 0 Å². The van der Waals surface area contributed by atoms with E-state index < -0.39 is 0 Å².